The first-order valence-corrected chi connectivity index (χ1v) is 8.16. The minimum atomic E-state index is -0.748. The lowest BCUT2D eigenvalue weighted by Crippen LogP contribution is -2.52. The van der Waals surface area contributed by atoms with Gasteiger partial charge in [0.05, 0.1) is 21.3 Å². The summed E-state index contributed by atoms with van der Waals surface area (Å²) in [6.45, 7) is 1.95. The molecule has 2 N–H and O–H groups in total. The number of para-hydroxylation sites is 1. The van der Waals surface area contributed by atoms with Crippen molar-refractivity contribution in [3.63, 3.8) is 0 Å². The van der Waals surface area contributed by atoms with Crippen molar-refractivity contribution in [2.24, 2.45) is 5.92 Å². The Balaban J connectivity index is 2.12. The zero-order chi connectivity index (χ0) is 16.3. The summed E-state index contributed by atoms with van der Waals surface area (Å²) in [4.78, 5) is 18.3. The highest BCUT2D eigenvalue weighted by atomic mass is 32.1. The van der Waals surface area contributed by atoms with Gasteiger partial charge >= 0.3 is 0 Å². The molecular weight excluding hydrogens is 298 g/mol. The fraction of sp³-hybridized carbons (Fsp3) is 0.500. The lowest BCUT2D eigenvalue weighted by molar-refractivity contribution is -0.130. The highest BCUT2D eigenvalue weighted by molar-refractivity contribution is 7.18. The molecule has 1 heterocycles. The molecule has 1 aromatic heterocycles. The number of aliphatic hydroxyl groups is 1. The van der Waals surface area contributed by atoms with Crippen LogP contribution >= 0.6 is 11.3 Å². The van der Waals surface area contributed by atoms with Gasteiger partial charge in [-0.15, -0.1) is 11.3 Å². The maximum Gasteiger partial charge on any atom is 0.239 e. The van der Waals surface area contributed by atoms with E-state index in [9.17, 15) is 9.90 Å². The summed E-state index contributed by atoms with van der Waals surface area (Å²) in [5, 5.41) is 14.2. The Morgan fingerprint density at radius 2 is 2.09 bits per heavy atom. The van der Waals surface area contributed by atoms with Crippen LogP contribution in [0.3, 0.4) is 0 Å². The molecule has 0 spiro atoms. The van der Waals surface area contributed by atoms with Crippen LogP contribution in [0.15, 0.2) is 24.3 Å². The number of benzene rings is 1. The van der Waals surface area contributed by atoms with Gasteiger partial charge in [0, 0.05) is 13.5 Å². The van der Waals surface area contributed by atoms with Crippen molar-refractivity contribution in [2.45, 2.75) is 25.5 Å². The lowest BCUT2D eigenvalue weighted by Gasteiger charge is -2.30. The van der Waals surface area contributed by atoms with E-state index in [2.05, 4.69) is 10.3 Å². The van der Waals surface area contributed by atoms with Crippen molar-refractivity contribution < 1.29 is 9.90 Å². The van der Waals surface area contributed by atoms with Crippen molar-refractivity contribution in [3.8, 4) is 0 Å². The zero-order valence-electron chi connectivity index (χ0n) is 13.4. The van der Waals surface area contributed by atoms with E-state index in [0.717, 1.165) is 15.2 Å². The third-order valence-electron chi connectivity index (χ3n) is 3.81. The molecule has 2 rings (SSSR count). The lowest BCUT2D eigenvalue weighted by atomic mass is 9.94. The Hall–Kier alpha value is -1.50. The number of hydrogen-bond acceptors (Lipinski definition) is 5. The summed E-state index contributed by atoms with van der Waals surface area (Å²) >= 11 is 1.64. The predicted octanol–water partition coefficient (Wildman–Crippen LogP) is 1.51. The molecule has 0 aliphatic carbocycles. The number of fused-ring (bicyclic) bond motifs is 1. The van der Waals surface area contributed by atoms with Crippen molar-refractivity contribution in [1.29, 1.82) is 0 Å². The molecule has 0 aliphatic rings. The molecule has 6 heteroatoms. The summed E-state index contributed by atoms with van der Waals surface area (Å²) < 4.78 is 1.15. The number of rotatable bonds is 6. The molecule has 22 heavy (non-hydrogen) atoms. The van der Waals surface area contributed by atoms with Gasteiger partial charge in [0.25, 0.3) is 0 Å². The molecule has 1 aromatic carbocycles. The Morgan fingerprint density at radius 3 is 2.68 bits per heavy atom. The summed E-state index contributed by atoms with van der Waals surface area (Å²) in [5.74, 6) is -0.237. The maximum atomic E-state index is 12.0. The van der Waals surface area contributed by atoms with Crippen LogP contribution < -0.4 is 5.32 Å². The van der Waals surface area contributed by atoms with E-state index >= 15 is 0 Å². The molecule has 0 bridgehead atoms. The van der Waals surface area contributed by atoms with Gasteiger partial charge in [-0.1, -0.05) is 19.1 Å². The molecule has 3 atom stereocenters. The molecule has 0 saturated heterocycles. The standard InChI is InChI=1S/C16H23N3O2S/c1-10(15(20)14(19(3)4)16(21)17-2)9-13-18-11-7-5-6-8-12(11)22-13/h5-8,10,14-15,20H,9H2,1-4H3,(H,17,21)/t10-,14+,15-/m1/s1. The Bertz CT molecular complexity index is 608. The van der Waals surface area contributed by atoms with Crippen LogP contribution in [0, 0.1) is 5.92 Å². The van der Waals surface area contributed by atoms with Gasteiger partial charge in [0.1, 0.15) is 6.04 Å². The molecule has 1 amide bonds. The van der Waals surface area contributed by atoms with Crippen molar-refractivity contribution in [2.75, 3.05) is 21.1 Å². The Labute approximate surface area is 135 Å². The number of likely N-dealkylation sites (N-methyl/N-ethyl adjacent to an activating group) is 2. The maximum absolute atomic E-state index is 12.0. The average molecular weight is 321 g/mol. The van der Waals surface area contributed by atoms with Gasteiger partial charge in [-0.3, -0.25) is 9.69 Å². The molecule has 0 aliphatic heterocycles. The van der Waals surface area contributed by atoms with E-state index in [-0.39, 0.29) is 11.8 Å². The van der Waals surface area contributed by atoms with Gasteiger partial charge < -0.3 is 10.4 Å². The third kappa shape index (κ3) is 3.63. The summed E-state index contributed by atoms with van der Waals surface area (Å²) in [6.07, 6.45) is -0.0936. The van der Waals surface area contributed by atoms with E-state index < -0.39 is 12.1 Å². The number of aromatic nitrogens is 1. The number of amides is 1. The van der Waals surface area contributed by atoms with Crippen molar-refractivity contribution in [3.05, 3.63) is 29.3 Å². The van der Waals surface area contributed by atoms with Crippen LogP contribution in [-0.2, 0) is 11.2 Å². The van der Waals surface area contributed by atoms with E-state index in [4.69, 9.17) is 0 Å². The quantitative estimate of drug-likeness (QED) is 0.846. The molecule has 2 aromatic rings. The van der Waals surface area contributed by atoms with Crippen LogP contribution in [0.2, 0.25) is 0 Å². The van der Waals surface area contributed by atoms with Crippen LogP contribution in [0.4, 0.5) is 0 Å². The second-order valence-corrected chi connectivity index (χ2v) is 6.89. The molecule has 0 saturated carbocycles. The third-order valence-corrected chi connectivity index (χ3v) is 4.87. The minimum absolute atomic E-state index is 0.0646. The molecule has 0 unspecified atom stereocenters. The van der Waals surface area contributed by atoms with Crippen LogP contribution in [0.1, 0.15) is 11.9 Å². The van der Waals surface area contributed by atoms with Crippen LogP contribution in [0.25, 0.3) is 10.2 Å². The number of nitrogens with one attached hydrogen (secondary N) is 1. The van der Waals surface area contributed by atoms with Crippen LogP contribution in [0.5, 0.6) is 0 Å². The molecule has 0 fully saturated rings. The summed E-state index contributed by atoms with van der Waals surface area (Å²) in [6, 6.07) is 7.44. The Kier molecular flexibility index (Phi) is 5.50. The number of carbonyl (C=O) groups is 1. The van der Waals surface area contributed by atoms with E-state index in [0.29, 0.717) is 6.42 Å². The highest BCUT2D eigenvalue weighted by Gasteiger charge is 2.32. The number of nitrogens with zero attached hydrogens (tertiary/aromatic N) is 2. The second kappa shape index (κ2) is 7.17. The van der Waals surface area contributed by atoms with Gasteiger partial charge in [-0.25, -0.2) is 4.98 Å². The number of thiazole rings is 1. The SMILES string of the molecule is CNC(=O)[C@H]([C@H](O)[C@H](C)Cc1nc2ccccc2s1)N(C)C. The average Bonchev–Trinajstić information content (AvgIpc) is 2.88. The number of carbonyl (C=O) groups excluding carboxylic acids is 1. The first-order valence-electron chi connectivity index (χ1n) is 7.34. The normalized spacial score (nSPS) is 15.7. The van der Waals surface area contributed by atoms with Gasteiger partial charge in [-0.2, -0.15) is 0 Å². The zero-order valence-corrected chi connectivity index (χ0v) is 14.2. The topological polar surface area (TPSA) is 65.5 Å². The fourth-order valence-corrected chi connectivity index (χ4v) is 3.67. The number of hydrogen-bond donors (Lipinski definition) is 2. The van der Waals surface area contributed by atoms with E-state index in [1.807, 2.05) is 31.2 Å². The first kappa shape index (κ1) is 16.9. The van der Waals surface area contributed by atoms with Crippen molar-refractivity contribution >= 4 is 27.5 Å². The van der Waals surface area contributed by atoms with Gasteiger partial charge in [0.2, 0.25) is 5.91 Å². The van der Waals surface area contributed by atoms with Crippen LogP contribution in [-0.4, -0.2) is 54.2 Å². The predicted molar refractivity (Wildman–Crippen MR) is 90.0 cm³/mol. The molecule has 5 nitrogen and oxygen atoms in total. The molecular formula is C16H23N3O2S. The highest BCUT2D eigenvalue weighted by Crippen LogP contribution is 2.25. The van der Waals surface area contributed by atoms with E-state index in [1.54, 1.807) is 37.4 Å². The number of aliphatic hydroxyl groups excluding tert-OH is 1. The summed E-state index contributed by atoms with van der Waals surface area (Å²) in [7, 11) is 5.19. The fourth-order valence-electron chi connectivity index (χ4n) is 2.56. The molecule has 120 valence electrons. The monoisotopic (exact) mass is 321 g/mol. The first-order chi connectivity index (χ1) is 10.4. The second-order valence-electron chi connectivity index (χ2n) is 5.77. The van der Waals surface area contributed by atoms with Crippen molar-refractivity contribution in [1.82, 2.24) is 15.2 Å². The summed E-state index contributed by atoms with van der Waals surface area (Å²) in [5.41, 5.74) is 0.986. The molecule has 0 radical (unpaired) electrons. The van der Waals surface area contributed by atoms with Gasteiger partial charge in [0.15, 0.2) is 0 Å². The smallest absolute Gasteiger partial charge is 0.239 e. The minimum Gasteiger partial charge on any atom is -0.391 e. The largest absolute Gasteiger partial charge is 0.391 e. The Morgan fingerprint density at radius 1 is 1.41 bits per heavy atom. The van der Waals surface area contributed by atoms with E-state index in [1.165, 1.54) is 0 Å². The van der Waals surface area contributed by atoms with Gasteiger partial charge in [-0.05, 0) is 32.1 Å².